The van der Waals surface area contributed by atoms with Crippen LogP contribution < -0.4 is 10.1 Å². The predicted octanol–water partition coefficient (Wildman–Crippen LogP) is 4.86. The molecule has 1 aromatic carbocycles. The molecule has 4 rings (SSSR count). The number of nitrogens with one attached hydrogen (secondary N) is 1. The van der Waals surface area contributed by atoms with Gasteiger partial charge in [0.1, 0.15) is 6.61 Å². The third-order valence-corrected chi connectivity index (χ3v) is 5.30. The van der Waals surface area contributed by atoms with Crippen molar-refractivity contribution in [1.82, 2.24) is 9.97 Å². The van der Waals surface area contributed by atoms with Gasteiger partial charge in [0.05, 0.1) is 11.8 Å². The summed E-state index contributed by atoms with van der Waals surface area (Å²) in [6, 6.07) is 12.8. The summed E-state index contributed by atoms with van der Waals surface area (Å²) in [6.07, 6.45) is 4.38. The van der Waals surface area contributed by atoms with Gasteiger partial charge in [-0.25, -0.2) is 9.97 Å². The van der Waals surface area contributed by atoms with Crippen molar-refractivity contribution in [3.63, 3.8) is 0 Å². The van der Waals surface area contributed by atoms with Crippen LogP contribution in [-0.4, -0.2) is 35.8 Å². The number of hydrogen-bond donors (Lipinski definition) is 1. The van der Waals surface area contributed by atoms with Gasteiger partial charge >= 0.3 is 0 Å². The Morgan fingerprint density at radius 1 is 1.19 bits per heavy atom. The maximum atomic E-state index is 5.66. The Balaban J connectivity index is 1.54. The minimum Gasteiger partial charge on any atom is -0.475 e. The molecule has 3 aromatic rings. The van der Waals surface area contributed by atoms with Crippen LogP contribution in [0.5, 0.6) is 5.88 Å². The molecule has 0 amide bonds. The summed E-state index contributed by atoms with van der Waals surface area (Å²) in [7, 11) is 1.67. The van der Waals surface area contributed by atoms with E-state index in [0.717, 1.165) is 27.5 Å². The lowest BCUT2D eigenvalue weighted by Gasteiger charge is -2.11. The quantitative estimate of drug-likeness (QED) is 0.604. The van der Waals surface area contributed by atoms with E-state index in [1.807, 2.05) is 37.4 Å². The molecule has 1 N–H and O–H groups in total. The molecule has 2 heterocycles. The van der Waals surface area contributed by atoms with Gasteiger partial charge in [0.15, 0.2) is 5.13 Å². The highest BCUT2D eigenvalue weighted by Crippen LogP contribution is 2.35. The second kappa shape index (κ2) is 8.06. The van der Waals surface area contributed by atoms with Gasteiger partial charge in [-0.3, -0.25) is 0 Å². The maximum Gasteiger partial charge on any atom is 0.213 e. The van der Waals surface area contributed by atoms with Crippen LogP contribution in [-0.2, 0) is 4.74 Å². The summed E-state index contributed by atoms with van der Waals surface area (Å²) in [5.74, 6) is 0.602. The van der Waals surface area contributed by atoms with E-state index in [4.69, 9.17) is 14.5 Å². The Labute approximate surface area is 163 Å². The molecule has 0 spiro atoms. The molecule has 0 radical (unpaired) electrons. The number of methoxy groups -OCH3 is 1. The fourth-order valence-corrected chi connectivity index (χ4v) is 3.51. The third-order valence-electron chi connectivity index (χ3n) is 4.53. The Morgan fingerprint density at radius 2 is 2.00 bits per heavy atom. The molecule has 1 saturated carbocycles. The second-order valence-electron chi connectivity index (χ2n) is 6.74. The number of hydrogen-bond acceptors (Lipinski definition) is 6. The van der Waals surface area contributed by atoms with Gasteiger partial charge in [-0.1, -0.05) is 24.3 Å². The van der Waals surface area contributed by atoms with Crippen LogP contribution in [0, 0.1) is 0 Å². The van der Waals surface area contributed by atoms with Gasteiger partial charge in [0.25, 0.3) is 0 Å². The first-order valence-corrected chi connectivity index (χ1v) is 10.0. The zero-order valence-corrected chi connectivity index (χ0v) is 16.3. The normalized spacial score (nSPS) is 14.7. The summed E-state index contributed by atoms with van der Waals surface area (Å²) in [5, 5.41) is 6.58. The van der Waals surface area contributed by atoms with Crippen molar-refractivity contribution in [2.75, 3.05) is 19.0 Å². The van der Waals surface area contributed by atoms with Gasteiger partial charge in [0.2, 0.25) is 5.88 Å². The van der Waals surface area contributed by atoms with Crippen molar-refractivity contribution in [3.05, 3.63) is 48.0 Å². The second-order valence-corrected chi connectivity index (χ2v) is 7.60. The lowest BCUT2D eigenvalue weighted by atomic mass is 9.99. The largest absolute Gasteiger partial charge is 0.475 e. The Morgan fingerprint density at radius 3 is 2.70 bits per heavy atom. The molecule has 0 unspecified atom stereocenters. The lowest BCUT2D eigenvalue weighted by molar-refractivity contribution is 0.0699. The maximum absolute atomic E-state index is 5.66. The minimum atomic E-state index is 0.0373. The van der Waals surface area contributed by atoms with E-state index in [1.165, 1.54) is 12.8 Å². The number of aromatic nitrogens is 2. The summed E-state index contributed by atoms with van der Waals surface area (Å²) in [5.41, 5.74) is 4.27. The van der Waals surface area contributed by atoms with Gasteiger partial charge in [-0.15, -0.1) is 11.3 Å². The zero-order chi connectivity index (χ0) is 18.6. The molecule has 6 heteroatoms. The first-order chi connectivity index (χ1) is 13.2. The summed E-state index contributed by atoms with van der Waals surface area (Å²) in [4.78, 5) is 9.21. The smallest absolute Gasteiger partial charge is 0.213 e. The fraction of sp³-hybridized carbons (Fsp3) is 0.333. The molecule has 0 aliphatic heterocycles. The van der Waals surface area contributed by atoms with E-state index in [9.17, 15) is 0 Å². The van der Waals surface area contributed by atoms with Crippen LogP contribution in [0.25, 0.3) is 22.4 Å². The van der Waals surface area contributed by atoms with Crippen LogP contribution in [0.1, 0.15) is 19.8 Å². The first-order valence-electron chi connectivity index (χ1n) is 9.16. The van der Waals surface area contributed by atoms with E-state index < -0.39 is 0 Å². The third kappa shape index (κ3) is 4.46. The van der Waals surface area contributed by atoms with E-state index in [0.29, 0.717) is 18.5 Å². The van der Waals surface area contributed by atoms with E-state index in [1.54, 1.807) is 18.4 Å². The van der Waals surface area contributed by atoms with E-state index in [-0.39, 0.29) is 6.10 Å². The van der Waals surface area contributed by atoms with Crippen molar-refractivity contribution in [2.24, 2.45) is 0 Å². The van der Waals surface area contributed by atoms with Crippen molar-refractivity contribution in [2.45, 2.75) is 31.9 Å². The number of rotatable bonds is 8. The van der Waals surface area contributed by atoms with Gasteiger partial charge in [0, 0.05) is 41.9 Å². The van der Waals surface area contributed by atoms with Crippen LogP contribution in [0.3, 0.4) is 0 Å². The molecule has 0 saturated heterocycles. The molecule has 1 aliphatic carbocycles. The molecule has 1 aliphatic rings. The molecule has 5 nitrogen and oxygen atoms in total. The number of ether oxygens (including phenoxy) is 2. The molecule has 1 fully saturated rings. The first kappa shape index (κ1) is 17.9. The van der Waals surface area contributed by atoms with Gasteiger partial charge in [-0.2, -0.15) is 0 Å². The van der Waals surface area contributed by atoms with E-state index >= 15 is 0 Å². The monoisotopic (exact) mass is 381 g/mol. The van der Waals surface area contributed by atoms with Crippen molar-refractivity contribution < 1.29 is 9.47 Å². The number of benzene rings is 1. The highest BCUT2D eigenvalue weighted by atomic mass is 32.1. The average Bonchev–Trinajstić information content (AvgIpc) is 3.41. The fourth-order valence-electron chi connectivity index (χ4n) is 2.72. The molecule has 27 heavy (non-hydrogen) atoms. The van der Waals surface area contributed by atoms with Crippen molar-refractivity contribution in [3.8, 4) is 28.3 Å². The molecule has 140 valence electrons. The molecular formula is C21H23N3O2S. The summed E-state index contributed by atoms with van der Waals surface area (Å²) < 4.78 is 10.9. The minimum absolute atomic E-state index is 0.0373. The Hall–Kier alpha value is -2.44. The molecule has 1 atom stereocenters. The number of pyridine rings is 1. The number of thiazole rings is 1. The standard InChI is InChI=1S/C21H23N3O2S/c1-14(25-2)12-26-20-10-7-15(11-22-20)17-5-3-4-6-18(17)19-13-27-21(24-19)23-16-8-9-16/h3-7,10-11,13-14,16H,8-9,12H2,1-2H3,(H,23,24)/t14-/m0/s1. The predicted molar refractivity (Wildman–Crippen MR) is 109 cm³/mol. The average molecular weight is 382 g/mol. The molecule has 2 aromatic heterocycles. The zero-order valence-electron chi connectivity index (χ0n) is 15.5. The van der Waals surface area contributed by atoms with Gasteiger partial charge in [-0.05, 0) is 31.4 Å². The van der Waals surface area contributed by atoms with Crippen molar-refractivity contribution >= 4 is 16.5 Å². The molecule has 0 bridgehead atoms. The van der Waals surface area contributed by atoms with E-state index in [2.05, 4.69) is 27.8 Å². The summed E-state index contributed by atoms with van der Waals surface area (Å²) >= 11 is 1.66. The topological polar surface area (TPSA) is 56.3 Å². The SMILES string of the molecule is CO[C@@H](C)COc1ccc(-c2ccccc2-c2csc(NC3CC3)n2)cn1. The van der Waals surface area contributed by atoms with Crippen LogP contribution in [0.15, 0.2) is 48.0 Å². The van der Waals surface area contributed by atoms with Gasteiger partial charge < -0.3 is 14.8 Å². The number of anilines is 1. The Kier molecular flexibility index (Phi) is 5.36. The Bertz CT molecular complexity index is 890. The number of nitrogens with zero attached hydrogens (tertiary/aromatic N) is 2. The highest BCUT2D eigenvalue weighted by molar-refractivity contribution is 7.14. The molecular weight excluding hydrogens is 358 g/mol. The highest BCUT2D eigenvalue weighted by Gasteiger charge is 2.22. The van der Waals surface area contributed by atoms with Crippen molar-refractivity contribution in [1.29, 1.82) is 0 Å². The summed E-state index contributed by atoms with van der Waals surface area (Å²) in [6.45, 7) is 2.44. The van der Waals surface area contributed by atoms with Crippen LogP contribution in [0.2, 0.25) is 0 Å². The lowest BCUT2D eigenvalue weighted by Crippen LogP contribution is -2.16. The van der Waals surface area contributed by atoms with Crippen LogP contribution >= 0.6 is 11.3 Å². The van der Waals surface area contributed by atoms with Crippen LogP contribution in [0.4, 0.5) is 5.13 Å².